The van der Waals surface area contributed by atoms with Crippen molar-refractivity contribution < 1.29 is 14.6 Å². The average molecular weight is 271 g/mol. The normalized spacial score (nSPS) is 17.3. The molecule has 0 radical (unpaired) electrons. The predicted octanol–water partition coefficient (Wildman–Crippen LogP) is 1.86. The Morgan fingerprint density at radius 2 is 2.05 bits per heavy atom. The number of nitrogens with one attached hydrogen (secondary N) is 1. The van der Waals surface area contributed by atoms with Crippen molar-refractivity contribution in [1.82, 2.24) is 9.97 Å². The number of aromatic carboxylic acids is 1. The number of carbonyl (C=O) groups is 1. The second-order valence-electron chi connectivity index (χ2n) is 4.51. The molecule has 1 unspecified atom stereocenters. The first kappa shape index (κ1) is 12.6. The van der Waals surface area contributed by atoms with Crippen molar-refractivity contribution in [2.45, 2.75) is 12.6 Å². The van der Waals surface area contributed by atoms with Gasteiger partial charge in [0.05, 0.1) is 24.8 Å². The van der Waals surface area contributed by atoms with Crippen LogP contribution < -0.4 is 5.32 Å². The summed E-state index contributed by atoms with van der Waals surface area (Å²) in [6, 6.07) is 7.99. The van der Waals surface area contributed by atoms with E-state index in [9.17, 15) is 4.79 Å². The second kappa shape index (κ2) is 5.26. The van der Waals surface area contributed by atoms with Crippen LogP contribution in [-0.2, 0) is 11.3 Å². The van der Waals surface area contributed by atoms with Gasteiger partial charge < -0.3 is 15.2 Å². The Morgan fingerprint density at radius 1 is 1.30 bits per heavy atom. The highest BCUT2D eigenvalue weighted by Crippen LogP contribution is 2.26. The number of ether oxygens (including phenoxy) is 1. The van der Waals surface area contributed by atoms with E-state index in [1.54, 1.807) is 0 Å². The summed E-state index contributed by atoms with van der Waals surface area (Å²) in [5.74, 6) is -0.650. The first-order chi connectivity index (χ1) is 9.74. The van der Waals surface area contributed by atoms with Crippen molar-refractivity contribution in [2.75, 3.05) is 11.9 Å². The van der Waals surface area contributed by atoms with Gasteiger partial charge in [-0.25, -0.2) is 14.8 Å². The summed E-state index contributed by atoms with van der Waals surface area (Å²) < 4.78 is 5.53. The molecule has 0 fully saturated rings. The molecular formula is C14H13N3O3. The molecule has 0 saturated carbocycles. The van der Waals surface area contributed by atoms with Gasteiger partial charge in [-0.3, -0.25) is 0 Å². The van der Waals surface area contributed by atoms with Crippen molar-refractivity contribution >= 4 is 11.9 Å². The largest absolute Gasteiger partial charge is 0.478 e. The van der Waals surface area contributed by atoms with E-state index >= 15 is 0 Å². The molecule has 0 bridgehead atoms. The lowest BCUT2D eigenvalue weighted by Crippen LogP contribution is -2.24. The van der Waals surface area contributed by atoms with Crippen LogP contribution in [0.1, 0.15) is 27.5 Å². The molecule has 1 aliphatic rings. The number of aromatic nitrogens is 2. The van der Waals surface area contributed by atoms with Gasteiger partial charge >= 0.3 is 5.97 Å². The van der Waals surface area contributed by atoms with Gasteiger partial charge in [-0.1, -0.05) is 24.3 Å². The minimum atomic E-state index is -1.04. The van der Waals surface area contributed by atoms with E-state index in [0.717, 1.165) is 11.1 Å². The smallest absolute Gasteiger partial charge is 0.338 e. The Morgan fingerprint density at radius 3 is 2.80 bits per heavy atom. The fraction of sp³-hybridized carbons (Fsp3) is 0.214. The Hall–Kier alpha value is -2.47. The fourth-order valence-corrected chi connectivity index (χ4v) is 2.17. The predicted molar refractivity (Wildman–Crippen MR) is 71.5 cm³/mol. The third-order valence-electron chi connectivity index (χ3n) is 3.17. The lowest BCUT2D eigenvalue weighted by Gasteiger charge is -2.26. The third-order valence-corrected chi connectivity index (χ3v) is 3.17. The zero-order chi connectivity index (χ0) is 13.9. The topological polar surface area (TPSA) is 84.3 Å². The number of nitrogens with zero attached hydrogens (tertiary/aromatic N) is 2. The maximum absolute atomic E-state index is 10.7. The van der Waals surface area contributed by atoms with Crippen LogP contribution in [0.5, 0.6) is 0 Å². The molecule has 2 heterocycles. The maximum atomic E-state index is 10.7. The SMILES string of the molecule is O=C(O)c1cnc(NC2COCc3ccccc32)nc1. The molecule has 1 atom stereocenters. The average Bonchev–Trinajstić information content (AvgIpc) is 2.48. The van der Waals surface area contributed by atoms with Crippen LogP contribution in [-0.4, -0.2) is 27.7 Å². The van der Waals surface area contributed by atoms with Gasteiger partial charge in [0, 0.05) is 12.4 Å². The van der Waals surface area contributed by atoms with Crippen LogP contribution in [0.2, 0.25) is 0 Å². The fourth-order valence-electron chi connectivity index (χ4n) is 2.17. The summed E-state index contributed by atoms with van der Waals surface area (Å²) in [5.41, 5.74) is 2.36. The molecule has 0 aliphatic carbocycles. The molecule has 6 heteroatoms. The van der Waals surface area contributed by atoms with Gasteiger partial charge in [0.2, 0.25) is 5.95 Å². The molecular weight excluding hydrogens is 258 g/mol. The molecule has 2 N–H and O–H groups in total. The van der Waals surface area contributed by atoms with Crippen molar-refractivity contribution in [3.63, 3.8) is 0 Å². The molecule has 1 aliphatic heterocycles. The van der Waals surface area contributed by atoms with Crippen molar-refractivity contribution in [3.8, 4) is 0 Å². The van der Waals surface area contributed by atoms with Gasteiger partial charge in [-0.05, 0) is 11.1 Å². The van der Waals surface area contributed by atoms with Crippen LogP contribution in [0.25, 0.3) is 0 Å². The zero-order valence-electron chi connectivity index (χ0n) is 10.6. The van der Waals surface area contributed by atoms with Gasteiger partial charge in [0.15, 0.2) is 0 Å². The van der Waals surface area contributed by atoms with E-state index < -0.39 is 5.97 Å². The van der Waals surface area contributed by atoms with E-state index in [4.69, 9.17) is 9.84 Å². The monoisotopic (exact) mass is 271 g/mol. The molecule has 1 aromatic heterocycles. The van der Waals surface area contributed by atoms with Crippen LogP contribution in [0, 0.1) is 0 Å². The Kier molecular flexibility index (Phi) is 3.30. The number of rotatable bonds is 3. The highest BCUT2D eigenvalue weighted by molar-refractivity contribution is 5.86. The quantitative estimate of drug-likeness (QED) is 0.886. The number of carboxylic acids is 1. The molecule has 3 rings (SSSR count). The van der Waals surface area contributed by atoms with Gasteiger partial charge in [0.1, 0.15) is 0 Å². The maximum Gasteiger partial charge on any atom is 0.338 e. The minimum Gasteiger partial charge on any atom is -0.478 e. The molecule has 102 valence electrons. The molecule has 1 aromatic carbocycles. The molecule has 20 heavy (non-hydrogen) atoms. The van der Waals surface area contributed by atoms with E-state index in [1.807, 2.05) is 24.3 Å². The Bertz CT molecular complexity index is 628. The summed E-state index contributed by atoms with van der Waals surface area (Å²) in [4.78, 5) is 18.8. The number of fused-ring (bicyclic) bond motifs is 1. The van der Waals surface area contributed by atoms with Crippen LogP contribution in [0.15, 0.2) is 36.7 Å². The summed E-state index contributed by atoms with van der Waals surface area (Å²) in [6.45, 7) is 1.13. The molecule has 6 nitrogen and oxygen atoms in total. The first-order valence-corrected chi connectivity index (χ1v) is 6.21. The number of anilines is 1. The number of benzene rings is 1. The summed E-state index contributed by atoms with van der Waals surface area (Å²) >= 11 is 0. The number of hydrogen-bond donors (Lipinski definition) is 2. The highest BCUT2D eigenvalue weighted by atomic mass is 16.5. The number of hydrogen-bond acceptors (Lipinski definition) is 5. The van der Waals surface area contributed by atoms with Crippen molar-refractivity contribution in [1.29, 1.82) is 0 Å². The van der Waals surface area contributed by atoms with Gasteiger partial charge in [-0.2, -0.15) is 0 Å². The Labute approximate surface area is 115 Å². The van der Waals surface area contributed by atoms with Gasteiger partial charge in [-0.15, -0.1) is 0 Å². The highest BCUT2D eigenvalue weighted by Gasteiger charge is 2.20. The van der Waals surface area contributed by atoms with Crippen LogP contribution in [0.3, 0.4) is 0 Å². The van der Waals surface area contributed by atoms with E-state index in [0.29, 0.717) is 19.2 Å². The van der Waals surface area contributed by atoms with Crippen LogP contribution in [0.4, 0.5) is 5.95 Å². The lowest BCUT2D eigenvalue weighted by atomic mass is 9.99. The lowest BCUT2D eigenvalue weighted by molar-refractivity contribution is 0.0696. The summed E-state index contributed by atoms with van der Waals surface area (Å²) in [6.07, 6.45) is 2.57. The van der Waals surface area contributed by atoms with Crippen molar-refractivity contribution in [2.24, 2.45) is 0 Å². The number of carboxylic acid groups (broad SMARTS) is 1. The molecule has 0 spiro atoms. The van der Waals surface area contributed by atoms with E-state index in [2.05, 4.69) is 15.3 Å². The van der Waals surface area contributed by atoms with E-state index in [1.165, 1.54) is 12.4 Å². The third kappa shape index (κ3) is 2.46. The molecule has 2 aromatic rings. The standard InChI is InChI=1S/C14H13N3O3/c18-13(19)10-5-15-14(16-6-10)17-12-8-20-7-9-3-1-2-4-11(9)12/h1-6,12H,7-8H2,(H,18,19)(H,15,16,17). The van der Waals surface area contributed by atoms with Crippen molar-refractivity contribution in [3.05, 3.63) is 53.3 Å². The van der Waals surface area contributed by atoms with Crippen LogP contribution >= 0.6 is 0 Å². The second-order valence-corrected chi connectivity index (χ2v) is 4.51. The summed E-state index contributed by atoms with van der Waals surface area (Å²) in [5, 5.41) is 12.0. The molecule has 0 amide bonds. The zero-order valence-corrected chi connectivity index (χ0v) is 10.6. The minimum absolute atomic E-state index is 0.0318. The first-order valence-electron chi connectivity index (χ1n) is 6.21. The van der Waals surface area contributed by atoms with Gasteiger partial charge in [0.25, 0.3) is 0 Å². The molecule has 0 saturated heterocycles. The Balaban J connectivity index is 1.80. The summed E-state index contributed by atoms with van der Waals surface area (Å²) in [7, 11) is 0. The van der Waals surface area contributed by atoms with E-state index in [-0.39, 0.29) is 11.6 Å².